The van der Waals surface area contributed by atoms with Crippen molar-refractivity contribution in [1.29, 1.82) is 0 Å². The minimum atomic E-state index is 0.248. The lowest BCUT2D eigenvalue weighted by Crippen LogP contribution is -2.17. The molecular weight excluding hydrogens is 252 g/mol. The minimum Gasteiger partial charge on any atom is -0.492 e. The van der Waals surface area contributed by atoms with E-state index < -0.39 is 0 Å². The maximum absolute atomic E-state index is 5.63. The van der Waals surface area contributed by atoms with E-state index in [9.17, 15) is 0 Å². The molecule has 1 atom stereocenters. The van der Waals surface area contributed by atoms with Gasteiger partial charge in [0.1, 0.15) is 11.5 Å². The van der Waals surface area contributed by atoms with E-state index in [0.717, 1.165) is 42.9 Å². The molecule has 0 aromatic carbocycles. The normalized spacial score (nSPS) is 12.3. The second kappa shape index (κ2) is 7.70. The molecule has 2 aromatic rings. The number of nitrogens with zero attached hydrogens (tertiary/aromatic N) is 1. The van der Waals surface area contributed by atoms with Crippen molar-refractivity contribution in [2.45, 2.75) is 32.2 Å². The molecule has 0 saturated heterocycles. The molecule has 4 heteroatoms. The summed E-state index contributed by atoms with van der Waals surface area (Å²) in [5.41, 5.74) is 1.15. The maximum atomic E-state index is 5.63. The van der Waals surface area contributed by atoms with Crippen LogP contribution in [0.15, 0.2) is 41.3 Å². The molecule has 0 aliphatic rings. The van der Waals surface area contributed by atoms with Crippen molar-refractivity contribution in [3.05, 3.63) is 48.2 Å². The summed E-state index contributed by atoms with van der Waals surface area (Å²) in [4.78, 5) is 4.26. The predicted octanol–water partition coefficient (Wildman–Crippen LogP) is 3.36. The standard InChI is InChI=1S/C16H22N2O2/c1-3-8-19-15-10-13(11-18-12-15)16(17-2)7-6-14-5-4-9-20-14/h4-5,9-12,16-17H,3,6-8H2,1-2H3. The number of nitrogens with one attached hydrogen (secondary N) is 1. The largest absolute Gasteiger partial charge is 0.492 e. The second-order valence-electron chi connectivity index (χ2n) is 4.76. The van der Waals surface area contributed by atoms with Crippen LogP contribution in [-0.2, 0) is 6.42 Å². The monoisotopic (exact) mass is 274 g/mol. The molecule has 2 rings (SSSR count). The third kappa shape index (κ3) is 4.10. The van der Waals surface area contributed by atoms with Crippen LogP contribution in [-0.4, -0.2) is 18.6 Å². The molecule has 0 aliphatic heterocycles. The van der Waals surface area contributed by atoms with Crippen LogP contribution in [0, 0.1) is 0 Å². The lowest BCUT2D eigenvalue weighted by molar-refractivity contribution is 0.315. The first kappa shape index (κ1) is 14.6. The van der Waals surface area contributed by atoms with Crippen LogP contribution in [0.25, 0.3) is 0 Å². The Kier molecular flexibility index (Phi) is 5.62. The van der Waals surface area contributed by atoms with Gasteiger partial charge in [-0.15, -0.1) is 0 Å². The van der Waals surface area contributed by atoms with Gasteiger partial charge in [0, 0.05) is 18.7 Å². The number of hydrogen-bond acceptors (Lipinski definition) is 4. The smallest absolute Gasteiger partial charge is 0.137 e. The molecule has 0 radical (unpaired) electrons. The third-order valence-electron chi connectivity index (χ3n) is 3.22. The SMILES string of the molecule is CCCOc1cncc(C(CCc2ccco2)NC)c1. The molecule has 0 saturated carbocycles. The fourth-order valence-corrected chi connectivity index (χ4v) is 2.14. The summed E-state index contributed by atoms with van der Waals surface area (Å²) in [7, 11) is 1.96. The zero-order valence-electron chi connectivity index (χ0n) is 12.1. The van der Waals surface area contributed by atoms with E-state index in [0.29, 0.717) is 0 Å². The molecule has 0 bridgehead atoms. The Morgan fingerprint density at radius 1 is 1.40 bits per heavy atom. The van der Waals surface area contributed by atoms with E-state index in [2.05, 4.69) is 23.3 Å². The number of aryl methyl sites for hydroxylation is 1. The second-order valence-corrected chi connectivity index (χ2v) is 4.76. The first-order valence-electron chi connectivity index (χ1n) is 7.11. The Morgan fingerprint density at radius 2 is 2.30 bits per heavy atom. The van der Waals surface area contributed by atoms with Crippen LogP contribution >= 0.6 is 0 Å². The molecule has 0 fully saturated rings. The molecule has 0 spiro atoms. The van der Waals surface area contributed by atoms with Gasteiger partial charge < -0.3 is 14.5 Å². The minimum absolute atomic E-state index is 0.248. The number of furan rings is 1. The van der Waals surface area contributed by atoms with Crippen molar-refractivity contribution in [3.8, 4) is 5.75 Å². The number of pyridine rings is 1. The van der Waals surface area contributed by atoms with Crippen LogP contribution in [0.5, 0.6) is 5.75 Å². The number of hydrogen-bond donors (Lipinski definition) is 1. The van der Waals surface area contributed by atoms with Gasteiger partial charge in [0.05, 0.1) is 19.1 Å². The van der Waals surface area contributed by atoms with Gasteiger partial charge in [-0.05, 0) is 43.7 Å². The molecule has 20 heavy (non-hydrogen) atoms. The number of ether oxygens (including phenoxy) is 1. The van der Waals surface area contributed by atoms with Crippen molar-refractivity contribution < 1.29 is 9.15 Å². The topological polar surface area (TPSA) is 47.3 Å². The molecule has 1 unspecified atom stereocenters. The quantitative estimate of drug-likeness (QED) is 0.802. The Bertz CT molecular complexity index is 497. The van der Waals surface area contributed by atoms with Gasteiger partial charge in [-0.2, -0.15) is 0 Å². The highest BCUT2D eigenvalue weighted by molar-refractivity contribution is 5.26. The average molecular weight is 274 g/mol. The van der Waals surface area contributed by atoms with E-state index in [1.807, 2.05) is 25.4 Å². The fraction of sp³-hybridized carbons (Fsp3) is 0.438. The van der Waals surface area contributed by atoms with Gasteiger partial charge >= 0.3 is 0 Å². The summed E-state index contributed by atoms with van der Waals surface area (Å²) >= 11 is 0. The van der Waals surface area contributed by atoms with Crippen molar-refractivity contribution in [2.75, 3.05) is 13.7 Å². The van der Waals surface area contributed by atoms with E-state index in [4.69, 9.17) is 9.15 Å². The summed E-state index contributed by atoms with van der Waals surface area (Å²) in [6.07, 6.45) is 8.23. The molecule has 2 aromatic heterocycles. The Hall–Kier alpha value is -1.81. The van der Waals surface area contributed by atoms with Crippen molar-refractivity contribution in [1.82, 2.24) is 10.3 Å². The summed E-state index contributed by atoms with van der Waals surface area (Å²) in [5, 5.41) is 3.33. The maximum Gasteiger partial charge on any atom is 0.137 e. The Labute approximate surface area is 120 Å². The van der Waals surface area contributed by atoms with Gasteiger partial charge in [0.25, 0.3) is 0 Å². The van der Waals surface area contributed by atoms with Crippen LogP contribution in [0.1, 0.15) is 37.1 Å². The third-order valence-corrected chi connectivity index (χ3v) is 3.22. The van der Waals surface area contributed by atoms with Gasteiger partial charge in [-0.1, -0.05) is 6.92 Å². The van der Waals surface area contributed by atoms with E-state index in [1.165, 1.54) is 0 Å². The van der Waals surface area contributed by atoms with E-state index in [-0.39, 0.29) is 6.04 Å². The average Bonchev–Trinajstić information content (AvgIpc) is 2.99. The van der Waals surface area contributed by atoms with E-state index in [1.54, 1.807) is 12.5 Å². The lowest BCUT2D eigenvalue weighted by Gasteiger charge is -2.16. The molecule has 0 aliphatic carbocycles. The van der Waals surface area contributed by atoms with Crippen LogP contribution in [0.3, 0.4) is 0 Å². The molecule has 0 amide bonds. The van der Waals surface area contributed by atoms with Crippen molar-refractivity contribution in [2.24, 2.45) is 0 Å². The fourth-order valence-electron chi connectivity index (χ4n) is 2.14. The first-order valence-corrected chi connectivity index (χ1v) is 7.11. The number of aromatic nitrogens is 1. The molecule has 4 nitrogen and oxygen atoms in total. The summed E-state index contributed by atoms with van der Waals surface area (Å²) in [5.74, 6) is 1.85. The highest BCUT2D eigenvalue weighted by Crippen LogP contribution is 2.22. The summed E-state index contributed by atoms with van der Waals surface area (Å²) in [6.45, 7) is 2.82. The number of rotatable bonds is 8. The van der Waals surface area contributed by atoms with Gasteiger partial charge in [0.15, 0.2) is 0 Å². The van der Waals surface area contributed by atoms with Crippen LogP contribution < -0.4 is 10.1 Å². The lowest BCUT2D eigenvalue weighted by atomic mass is 10.0. The van der Waals surface area contributed by atoms with Gasteiger partial charge in [-0.25, -0.2) is 0 Å². The van der Waals surface area contributed by atoms with Gasteiger partial charge in [-0.3, -0.25) is 4.98 Å². The summed E-state index contributed by atoms with van der Waals surface area (Å²) < 4.78 is 11.0. The predicted molar refractivity (Wildman–Crippen MR) is 78.9 cm³/mol. The van der Waals surface area contributed by atoms with Crippen molar-refractivity contribution in [3.63, 3.8) is 0 Å². The van der Waals surface area contributed by atoms with Crippen LogP contribution in [0.2, 0.25) is 0 Å². The Morgan fingerprint density at radius 3 is 3.00 bits per heavy atom. The zero-order chi connectivity index (χ0) is 14.2. The van der Waals surface area contributed by atoms with Crippen molar-refractivity contribution >= 4 is 0 Å². The van der Waals surface area contributed by atoms with Crippen LogP contribution in [0.4, 0.5) is 0 Å². The highest BCUT2D eigenvalue weighted by Gasteiger charge is 2.11. The molecular formula is C16H22N2O2. The molecule has 108 valence electrons. The highest BCUT2D eigenvalue weighted by atomic mass is 16.5. The summed E-state index contributed by atoms with van der Waals surface area (Å²) in [6, 6.07) is 6.24. The van der Waals surface area contributed by atoms with Gasteiger partial charge in [0.2, 0.25) is 0 Å². The zero-order valence-corrected chi connectivity index (χ0v) is 12.1. The molecule has 2 heterocycles. The van der Waals surface area contributed by atoms with E-state index >= 15 is 0 Å². The first-order chi connectivity index (χ1) is 9.83. The Balaban J connectivity index is 1.99. The molecule has 1 N–H and O–H groups in total.